The van der Waals surface area contributed by atoms with Gasteiger partial charge in [0.2, 0.25) is 0 Å². The summed E-state index contributed by atoms with van der Waals surface area (Å²) in [4.78, 5) is 26.8. The van der Waals surface area contributed by atoms with E-state index in [0.717, 1.165) is 0 Å². The van der Waals surface area contributed by atoms with Crippen molar-refractivity contribution in [3.8, 4) is 11.5 Å². The number of fused-ring (bicyclic) bond motifs is 1. The van der Waals surface area contributed by atoms with E-state index < -0.39 is 6.09 Å². The molecule has 1 aromatic rings. The number of anilines is 1. The van der Waals surface area contributed by atoms with Crippen molar-refractivity contribution in [1.82, 2.24) is 10.2 Å². The Bertz CT molecular complexity index is 623. The highest BCUT2D eigenvalue weighted by atomic mass is 16.6. The van der Waals surface area contributed by atoms with Crippen LogP contribution >= 0.6 is 0 Å². The molecule has 7 nitrogen and oxygen atoms in total. The number of ether oxygens (including phenoxy) is 2. The first-order chi connectivity index (χ1) is 11.2. The Morgan fingerprint density at radius 1 is 1.38 bits per heavy atom. The van der Waals surface area contributed by atoms with Gasteiger partial charge in [-0.15, -0.1) is 0 Å². The van der Waals surface area contributed by atoms with Crippen LogP contribution in [0.15, 0.2) is 18.2 Å². The van der Waals surface area contributed by atoms with Crippen molar-refractivity contribution in [2.75, 3.05) is 38.7 Å². The van der Waals surface area contributed by atoms with E-state index >= 15 is 0 Å². The molecule has 132 valence electrons. The second-order valence-electron chi connectivity index (χ2n) is 6.90. The zero-order valence-electron chi connectivity index (χ0n) is 14.9. The van der Waals surface area contributed by atoms with Crippen molar-refractivity contribution in [3.05, 3.63) is 18.2 Å². The number of rotatable bonds is 4. The Morgan fingerprint density at radius 2 is 2.08 bits per heavy atom. The highest BCUT2D eigenvalue weighted by Gasteiger charge is 2.26. The molecule has 1 aliphatic rings. The lowest BCUT2D eigenvalue weighted by molar-refractivity contribution is -0.121. The molecule has 24 heavy (non-hydrogen) atoms. The highest BCUT2D eigenvalue weighted by molar-refractivity contribution is 5.98. The van der Waals surface area contributed by atoms with E-state index in [1.165, 1.54) is 4.90 Å². The third kappa shape index (κ3) is 4.61. The number of benzene rings is 1. The van der Waals surface area contributed by atoms with Gasteiger partial charge in [0.25, 0.3) is 5.91 Å². The zero-order chi connectivity index (χ0) is 17.9. The fourth-order valence-electron chi connectivity index (χ4n) is 2.23. The summed E-state index contributed by atoms with van der Waals surface area (Å²) in [6.07, 6.45) is -0.465. The second kappa shape index (κ2) is 7.09. The maximum atomic E-state index is 12.1. The average molecular weight is 335 g/mol. The molecule has 0 saturated carbocycles. The number of nitrogens with one attached hydrogen (secondary N) is 1. The van der Waals surface area contributed by atoms with Crippen molar-refractivity contribution in [1.29, 1.82) is 0 Å². The molecule has 1 aromatic carbocycles. The summed E-state index contributed by atoms with van der Waals surface area (Å²) in [7, 11) is 3.22. The van der Waals surface area contributed by atoms with Crippen LogP contribution in [0.2, 0.25) is 0 Å². The topological polar surface area (TPSA) is 71.1 Å². The van der Waals surface area contributed by atoms with Gasteiger partial charge in [0, 0.05) is 38.8 Å². The number of amides is 2. The summed E-state index contributed by atoms with van der Waals surface area (Å²) in [5, 5.41) is 3.36. The van der Waals surface area contributed by atoms with E-state index in [2.05, 4.69) is 26.1 Å². The summed E-state index contributed by atoms with van der Waals surface area (Å²) in [5.41, 5.74) is 0.675. The SMILES string of the molecule is CN(C)C(=O)Oc1ccc2c(c1)OCC(=O)N2CCNC(C)(C)C. The third-order valence-corrected chi connectivity index (χ3v) is 3.44. The number of carbonyl (C=O) groups excluding carboxylic acids is 2. The van der Waals surface area contributed by atoms with Gasteiger partial charge >= 0.3 is 6.09 Å². The molecule has 0 aromatic heterocycles. The molecule has 0 spiro atoms. The van der Waals surface area contributed by atoms with Crippen molar-refractivity contribution in [2.24, 2.45) is 0 Å². The van der Waals surface area contributed by atoms with Gasteiger partial charge in [0.15, 0.2) is 6.61 Å². The molecule has 1 aliphatic heterocycles. The van der Waals surface area contributed by atoms with Crippen LogP contribution in [0.4, 0.5) is 10.5 Å². The Balaban J connectivity index is 2.12. The standard InChI is InChI=1S/C17H25N3O4/c1-17(2,3)18-8-9-20-13-7-6-12(24-16(22)19(4)5)10-14(13)23-11-15(20)21/h6-7,10,18H,8-9,11H2,1-5H3. The Labute approximate surface area is 142 Å². The van der Waals surface area contributed by atoms with Crippen molar-refractivity contribution >= 4 is 17.7 Å². The van der Waals surface area contributed by atoms with Gasteiger partial charge in [0.1, 0.15) is 11.5 Å². The van der Waals surface area contributed by atoms with Gasteiger partial charge in [-0.3, -0.25) is 4.79 Å². The average Bonchev–Trinajstić information content (AvgIpc) is 2.48. The first kappa shape index (κ1) is 18.1. The molecule has 1 N–H and O–H groups in total. The lowest BCUT2D eigenvalue weighted by atomic mass is 10.1. The second-order valence-corrected chi connectivity index (χ2v) is 6.90. The Kier molecular flexibility index (Phi) is 5.33. The molecule has 0 saturated heterocycles. The molecular formula is C17H25N3O4. The molecule has 0 aliphatic carbocycles. The van der Waals surface area contributed by atoms with Crippen LogP contribution in [0.25, 0.3) is 0 Å². The van der Waals surface area contributed by atoms with Crippen LogP contribution < -0.4 is 19.7 Å². The number of hydrogen-bond acceptors (Lipinski definition) is 5. The van der Waals surface area contributed by atoms with Crippen molar-refractivity contribution in [2.45, 2.75) is 26.3 Å². The molecule has 0 atom stereocenters. The van der Waals surface area contributed by atoms with E-state index in [-0.39, 0.29) is 18.1 Å². The zero-order valence-corrected chi connectivity index (χ0v) is 14.9. The van der Waals surface area contributed by atoms with Gasteiger partial charge in [-0.25, -0.2) is 4.79 Å². The molecule has 1 heterocycles. The number of nitrogens with zero attached hydrogens (tertiary/aromatic N) is 2. The summed E-state index contributed by atoms with van der Waals surface area (Å²) in [5.74, 6) is 0.834. The predicted molar refractivity (Wildman–Crippen MR) is 91.8 cm³/mol. The van der Waals surface area contributed by atoms with Crippen LogP contribution in [0.5, 0.6) is 11.5 Å². The van der Waals surface area contributed by atoms with E-state index in [9.17, 15) is 9.59 Å². The predicted octanol–water partition coefficient (Wildman–Crippen LogP) is 1.86. The molecule has 0 radical (unpaired) electrons. The summed E-state index contributed by atoms with van der Waals surface area (Å²) in [6.45, 7) is 7.43. The minimum absolute atomic E-state index is 0.0115. The molecule has 0 bridgehead atoms. The molecule has 0 unspecified atom stereocenters. The molecule has 2 amide bonds. The highest BCUT2D eigenvalue weighted by Crippen LogP contribution is 2.35. The molecule has 7 heteroatoms. The van der Waals surface area contributed by atoms with E-state index in [1.54, 1.807) is 37.2 Å². The van der Waals surface area contributed by atoms with Gasteiger partial charge in [-0.05, 0) is 32.9 Å². The van der Waals surface area contributed by atoms with Gasteiger partial charge in [-0.1, -0.05) is 0 Å². The van der Waals surface area contributed by atoms with Crippen LogP contribution in [0, 0.1) is 0 Å². The minimum atomic E-state index is -0.465. The third-order valence-electron chi connectivity index (χ3n) is 3.44. The largest absolute Gasteiger partial charge is 0.481 e. The van der Waals surface area contributed by atoms with Crippen LogP contribution in [0.1, 0.15) is 20.8 Å². The molecule has 2 rings (SSSR count). The van der Waals surface area contributed by atoms with E-state index in [1.807, 2.05) is 0 Å². The van der Waals surface area contributed by atoms with Crippen LogP contribution in [-0.2, 0) is 4.79 Å². The maximum absolute atomic E-state index is 12.1. The van der Waals surface area contributed by atoms with Crippen molar-refractivity contribution in [3.63, 3.8) is 0 Å². The number of carbonyl (C=O) groups is 2. The fourth-order valence-corrected chi connectivity index (χ4v) is 2.23. The van der Waals surface area contributed by atoms with Crippen molar-refractivity contribution < 1.29 is 19.1 Å². The number of hydrogen-bond donors (Lipinski definition) is 1. The Morgan fingerprint density at radius 3 is 2.71 bits per heavy atom. The van der Waals surface area contributed by atoms with Gasteiger partial charge in [0.05, 0.1) is 5.69 Å². The summed E-state index contributed by atoms with van der Waals surface area (Å²) < 4.78 is 10.7. The first-order valence-electron chi connectivity index (χ1n) is 7.89. The van der Waals surface area contributed by atoms with E-state index in [4.69, 9.17) is 9.47 Å². The molecular weight excluding hydrogens is 310 g/mol. The lowest BCUT2D eigenvalue weighted by Crippen LogP contribution is -2.46. The lowest BCUT2D eigenvalue weighted by Gasteiger charge is -2.31. The van der Waals surface area contributed by atoms with Gasteiger partial charge in [-0.2, -0.15) is 0 Å². The maximum Gasteiger partial charge on any atom is 0.414 e. The first-order valence-corrected chi connectivity index (χ1v) is 7.89. The molecule has 0 fully saturated rings. The fraction of sp³-hybridized carbons (Fsp3) is 0.529. The van der Waals surface area contributed by atoms with Gasteiger partial charge < -0.3 is 24.6 Å². The van der Waals surface area contributed by atoms with Crippen LogP contribution in [0.3, 0.4) is 0 Å². The quantitative estimate of drug-likeness (QED) is 0.909. The minimum Gasteiger partial charge on any atom is -0.481 e. The van der Waals surface area contributed by atoms with E-state index in [0.29, 0.717) is 30.3 Å². The monoisotopic (exact) mass is 335 g/mol. The van der Waals surface area contributed by atoms with Crippen LogP contribution in [-0.4, -0.2) is 56.2 Å². The smallest absolute Gasteiger partial charge is 0.414 e. The Hall–Kier alpha value is -2.28. The summed E-state index contributed by atoms with van der Waals surface area (Å²) >= 11 is 0. The summed E-state index contributed by atoms with van der Waals surface area (Å²) in [6, 6.07) is 5.03. The normalized spacial score (nSPS) is 14.0.